The van der Waals surface area contributed by atoms with E-state index in [0.29, 0.717) is 0 Å². The number of carboxylic acids is 1. The number of carboxylic acid groups (broad SMARTS) is 1. The van der Waals surface area contributed by atoms with Crippen molar-refractivity contribution in [2.75, 3.05) is 6.61 Å². The van der Waals surface area contributed by atoms with Crippen LogP contribution in [0.2, 0.25) is 0 Å². The van der Waals surface area contributed by atoms with Gasteiger partial charge in [-0.25, -0.2) is 4.79 Å². The molecule has 0 fully saturated rings. The molecule has 2 amide bonds. The average molecular weight is 325 g/mol. The van der Waals surface area contributed by atoms with Crippen LogP contribution in [0.3, 0.4) is 0 Å². The zero-order valence-electron chi connectivity index (χ0n) is 12.7. The molecule has 0 saturated carbocycles. The summed E-state index contributed by atoms with van der Waals surface area (Å²) in [4.78, 5) is 37.1. The summed E-state index contributed by atoms with van der Waals surface area (Å²) in [5.74, 6) is -2.49. The third-order valence-electron chi connectivity index (χ3n) is 3.81. The van der Waals surface area contributed by atoms with Gasteiger partial charge in [0, 0.05) is 0 Å². The normalized spacial score (nSPS) is 14.6. The fourth-order valence-electron chi connectivity index (χ4n) is 2.61. The Balaban J connectivity index is 1.74. The number of benzene rings is 2. The quantitative estimate of drug-likeness (QED) is 0.821. The molecule has 3 rings (SSSR count). The van der Waals surface area contributed by atoms with Crippen molar-refractivity contribution in [3.8, 4) is 0 Å². The first kappa shape index (κ1) is 15.9. The first-order valence-electron chi connectivity index (χ1n) is 7.41. The van der Waals surface area contributed by atoms with Crippen LogP contribution in [-0.4, -0.2) is 40.4 Å². The van der Waals surface area contributed by atoms with E-state index in [9.17, 15) is 19.5 Å². The molecular formula is C18H15NO5. The van der Waals surface area contributed by atoms with Gasteiger partial charge in [-0.3, -0.25) is 14.5 Å². The number of rotatable bonds is 6. The maximum Gasteiger partial charge on any atom is 0.329 e. The number of hydrogen-bond donors (Lipinski definition) is 1. The molecule has 0 radical (unpaired) electrons. The van der Waals surface area contributed by atoms with E-state index >= 15 is 0 Å². The number of ether oxygens (including phenoxy) is 1. The summed E-state index contributed by atoms with van der Waals surface area (Å²) in [6, 6.07) is 14.2. The molecule has 1 heterocycles. The van der Waals surface area contributed by atoms with Crippen LogP contribution in [0.15, 0.2) is 54.6 Å². The molecule has 2 aromatic carbocycles. The number of amides is 2. The van der Waals surface area contributed by atoms with E-state index in [-0.39, 0.29) is 24.3 Å². The number of aliphatic carboxylic acids is 1. The van der Waals surface area contributed by atoms with Gasteiger partial charge in [-0.05, 0) is 17.7 Å². The predicted molar refractivity (Wildman–Crippen MR) is 84.5 cm³/mol. The molecular weight excluding hydrogens is 310 g/mol. The molecule has 24 heavy (non-hydrogen) atoms. The Morgan fingerprint density at radius 3 is 2.04 bits per heavy atom. The average Bonchev–Trinajstić information content (AvgIpc) is 2.84. The zero-order valence-corrected chi connectivity index (χ0v) is 12.7. The lowest BCUT2D eigenvalue weighted by Crippen LogP contribution is -2.47. The fourth-order valence-corrected chi connectivity index (χ4v) is 2.61. The van der Waals surface area contributed by atoms with Crippen molar-refractivity contribution >= 4 is 17.8 Å². The second-order valence-corrected chi connectivity index (χ2v) is 5.38. The lowest BCUT2D eigenvalue weighted by Gasteiger charge is -2.22. The largest absolute Gasteiger partial charge is 0.480 e. The summed E-state index contributed by atoms with van der Waals surface area (Å²) < 4.78 is 5.42. The van der Waals surface area contributed by atoms with Gasteiger partial charge in [0.1, 0.15) is 0 Å². The standard InChI is InChI=1S/C18H15NO5/c20-16-13-8-4-5-9-14(13)17(21)19(16)15(18(22)23)11-24-10-12-6-2-1-3-7-12/h1-9,15H,10-11H2,(H,22,23)/t15-/m1/s1. The van der Waals surface area contributed by atoms with Gasteiger partial charge in [0.25, 0.3) is 11.8 Å². The minimum absolute atomic E-state index is 0.202. The smallest absolute Gasteiger partial charge is 0.329 e. The van der Waals surface area contributed by atoms with Gasteiger partial charge in [-0.1, -0.05) is 42.5 Å². The molecule has 0 aliphatic carbocycles. The second-order valence-electron chi connectivity index (χ2n) is 5.38. The number of carbonyl (C=O) groups is 3. The molecule has 2 aromatic rings. The molecule has 0 spiro atoms. The number of fused-ring (bicyclic) bond motifs is 1. The highest BCUT2D eigenvalue weighted by Gasteiger charge is 2.42. The summed E-state index contributed by atoms with van der Waals surface area (Å²) in [6.07, 6.45) is 0. The van der Waals surface area contributed by atoms with Crippen LogP contribution in [0.25, 0.3) is 0 Å². The monoisotopic (exact) mass is 325 g/mol. The maximum atomic E-state index is 12.4. The molecule has 122 valence electrons. The van der Waals surface area contributed by atoms with Crippen LogP contribution in [0, 0.1) is 0 Å². The third-order valence-corrected chi connectivity index (χ3v) is 3.81. The first-order chi connectivity index (χ1) is 11.6. The van der Waals surface area contributed by atoms with Gasteiger partial charge in [0.2, 0.25) is 0 Å². The van der Waals surface area contributed by atoms with Crippen molar-refractivity contribution < 1.29 is 24.2 Å². The molecule has 0 saturated heterocycles. The highest BCUT2D eigenvalue weighted by molar-refractivity contribution is 6.22. The van der Waals surface area contributed by atoms with Gasteiger partial charge in [-0.2, -0.15) is 0 Å². The summed E-state index contributed by atoms with van der Waals surface area (Å²) in [5, 5.41) is 9.42. The van der Waals surface area contributed by atoms with Gasteiger partial charge in [0.15, 0.2) is 6.04 Å². The summed E-state index contributed by atoms with van der Waals surface area (Å²) in [5.41, 5.74) is 1.32. The van der Waals surface area contributed by atoms with Crippen LogP contribution < -0.4 is 0 Å². The Hall–Kier alpha value is -2.99. The number of imide groups is 1. The summed E-state index contributed by atoms with van der Waals surface area (Å²) in [6.45, 7) is -0.0660. The van der Waals surface area contributed by atoms with Gasteiger partial charge < -0.3 is 9.84 Å². The van der Waals surface area contributed by atoms with Crippen molar-refractivity contribution in [1.29, 1.82) is 0 Å². The lowest BCUT2D eigenvalue weighted by atomic mass is 10.1. The molecule has 6 heteroatoms. The minimum atomic E-state index is -1.36. The SMILES string of the molecule is O=C(O)[C@@H](COCc1ccccc1)N1C(=O)c2ccccc2C1=O. The Kier molecular flexibility index (Phi) is 4.39. The van der Waals surface area contributed by atoms with E-state index in [1.165, 1.54) is 12.1 Å². The van der Waals surface area contributed by atoms with Crippen molar-refractivity contribution in [1.82, 2.24) is 4.90 Å². The molecule has 0 unspecified atom stereocenters. The van der Waals surface area contributed by atoms with Crippen molar-refractivity contribution in [3.63, 3.8) is 0 Å². The Morgan fingerprint density at radius 2 is 1.50 bits per heavy atom. The predicted octanol–water partition coefficient (Wildman–Crippen LogP) is 1.95. The van der Waals surface area contributed by atoms with Crippen molar-refractivity contribution in [2.45, 2.75) is 12.6 Å². The fraction of sp³-hybridized carbons (Fsp3) is 0.167. The van der Waals surface area contributed by atoms with Gasteiger partial charge in [0.05, 0.1) is 24.3 Å². The number of carbonyl (C=O) groups excluding carboxylic acids is 2. The van der Waals surface area contributed by atoms with E-state index < -0.39 is 23.8 Å². The van der Waals surface area contributed by atoms with Crippen LogP contribution in [0.1, 0.15) is 26.3 Å². The molecule has 1 N–H and O–H groups in total. The van der Waals surface area contributed by atoms with Crippen LogP contribution >= 0.6 is 0 Å². The van der Waals surface area contributed by atoms with Crippen molar-refractivity contribution in [2.24, 2.45) is 0 Å². The molecule has 0 bridgehead atoms. The Morgan fingerprint density at radius 1 is 0.958 bits per heavy atom. The molecule has 1 aliphatic heterocycles. The highest BCUT2D eigenvalue weighted by atomic mass is 16.5. The highest BCUT2D eigenvalue weighted by Crippen LogP contribution is 2.24. The van der Waals surface area contributed by atoms with Crippen molar-refractivity contribution in [3.05, 3.63) is 71.3 Å². The van der Waals surface area contributed by atoms with Crippen LogP contribution in [0.4, 0.5) is 0 Å². The minimum Gasteiger partial charge on any atom is -0.480 e. The lowest BCUT2D eigenvalue weighted by molar-refractivity contribution is -0.143. The molecule has 6 nitrogen and oxygen atoms in total. The maximum absolute atomic E-state index is 12.4. The topological polar surface area (TPSA) is 83.9 Å². The summed E-state index contributed by atoms with van der Waals surface area (Å²) in [7, 11) is 0. The summed E-state index contributed by atoms with van der Waals surface area (Å²) >= 11 is 0. The molecule has 1 aliphatic rings. The van der Waals surface area contributed by atoms with E-state index in [2.05, 4.69) is 0 Å². The van der Waals surface area contributed by atoms with Gasteiger partial charge >= 0.3 is 5.97 Å². The third kappa shape index (κ3) is 2.91. The number of hydrogen-bond acceptors (Lipinski definition) is 4. The van der Waals surface area contributed by atoms with E-state index in [4.69, 9.17) is 4.74 Å². The van der Waals surface area contributed by atoms with Gasteiger partial charge in [-0.15, -0.1) is 0 Å². The van der Waals surface area contributed by atoms with Crippen LogP contribution in [0.5, 0.6) is 0 Å². The Bertz CT molecular complexity index is 752. The van der Waals surface area contributed by atoms with Crippen LogP contribution in [-0.2, 0) is 16.1 Å². The van der Waals surface area contributed by atoms with E-state index in [1.54, 1.807) is 12.1 Å². The molecule has 0 aromatic heterocycles. The zero-order chi connectivity index (χ0) is 17.1. The molecule has 1 atom stereocenters. The van der Waals surface area contributed by atoms with E-state index in [1.807, 2.05) is 30.3 Å². The van der Waals surface area contributed by atoms with E-state index in [0.717, 1.165) is 10.5 Å². The number of nitrogens with zero attached hydrogens (tertiary/aromatic N) is 1. The first-order valence-corrected chi connectivity index (χ1v) is 7.41. The second kappa shape index (κ2) is 6.64. The Labute approximate surface area is 138 Å².